The number of hydrogen-bond acceptors (Lipinski definition) is 3. The molecule has 1 N–H and O–H groups in total. The van der Waals surface area contributed by atoms with Crippen LogP contribution in [0.4, 0.5) is 0 Å². The quantitative estimate of drug-likeness (QED) is 0.752. The van der Waals surface area contributed by atoms with Crippen molar-refractivity contribution in [1.29, 1.82) is 0 Å². The summed E-state index contributed by atoms with van der Waals surface area (Å²) in [6.45, 7) is 6.39. The fraction of sp³-hybridized carbons (Fsp3) is 0.833. The van der Waals surface area contributed by atoms with Crippen LogP contribution in [0, 0.1) is 5.92 Å². The van der Waals surface area contributed by atoms with Gasteiger partial charge in [-0.15, -0.1) is 0 Å². The van der Waals surface area contributed by atoms with Gasteiger partial charge < -0.3 is 10.2 Å². The molecule has 0 spiro atoms. The average molecular weight is 258 g/mol. The standard InChI is InChI=1S/C12H22N2O2S/c1-8(2)10-12(16)14(6-5-7-17-4)9(3)11(15)13-10/h8-10H,5-7H2,1-4H3,(H,13,15). The van der Waals surface area contributed by atoms with Gasteiger partial charge in [-0.25, -0.2) is 0 Å². The smallest absolute Gasteiger partial charge is 0.246 e. The van der Waals surface area contributed by atoms with Crippen LogP contribution in [0.25, 0.3) is 0 Å². The summed E-state index contributed by atoms with van der Waals surface area (Å²) in [6, 6.07) is -0.688. The molecule has 2 unspecified atom stereocenters. The number of nitrogens with one attached hydrogen (secondary N) is 1. The number of carbonyl (C=O) groups is 2. The van der Waals surface area contributed by atoms with Gasteiger partial charge in [0.15, 0.2) is 0 Å². The minimum atomic E-state index is -0.354. The Morgan fingerprint density at radius 1 is 1.41 bits per heavy atom. The van der Waals surface area contributed by atoms with Crippen LogP contribution in [0.2, 0.25) is 0 Å². The van der Waals surface area contributed by atoms with Gasteiger partial charge in [-0.05, 0) is 31.3 Å². The van der Waals surface area contributed by atoms with E-state index in [1.165, 1.54) is 0 Å². The molecule has 5 heteroatoms. The Morgan fingerprint density at radius 2 is 2.06 bits per heavy atom. The Balaban J connectivity index is 2.70. The van der Waals surface area contributed by atoms with E-state index < -0.39 is 0 Å². The van der Waals surface area contributed by atoms with Gasteiger partial charge in [-0.1, -0.05) is 13.8 Å². The zero-order chi connectivity index (χ0) is 13.0. The van der Waals surface area contributed by atoms with E-state index in [0.717, 1.165) is 12.2 Å². The molecular formula is C12H22N2O2S. The summed E-state index contributed by atoms with van der Waals surface area (Å²) in [7, 11) is 0. The van der Waals surface area contributed by atoms with Crippen molar-refractivity contribution >= 4 is 23.6 Å². The molecule has 1 heterocycles. The van der Waals surface area contributed by atoms with E-state index >= 15 is 0 Å². The van der Waals surface area contributed by atoms with Crippen molar-refractivity contribution in [3.8, 4) is 0 Å². The van der Waals surface area contributed by atoms with Crippen LogP contribution in [0.15, 0.2) is 0 Å². The molecule has 2 amide bonds. The Hall–Kier alpha value is -0.710. The first-order valence-corrected chi connectivity index (χ1v) is 7.48. The fourth-order valence-corrected chi connectivity index (χ4v) is 2.40. The van der Waals surface area contributed by atoms with E-state index in [-0.39, 0.29) is 29.8 Å². The number of amides is 2. The van der Waals surface area contributed by atoms with Gasteiger partial charge in [0.25, 0.3) is 0 Å². The monoisotopic (exact) mass is 258 g/mol. The van der Waals surface area contributed by atoms with E-state index in [4.69, 9.17) is 0 Å². The third-order valence-electron chi connectivity index (χ3n) is 3.11. The fourth-order valence-electron chi connectivity index (χ4n) is 1.98. The molecule has 0 radical (unpaired) electrons. The van der Waals surface area contributed by atoms with Crippen LogP contribution >= 0.6 is 11.8 Å². The van der Waals surface area contributed by atoms with E-state index in [1.54, 1.807) is 23.6 Å². The minimum absolute atomic E-state index is 0.0348. The van der Waals surface area contributed by atoms with Crippen molar-refractivity contribution in [3.63, 3.8) is 0 Å². The molecule has 17 heavy (non-hydrogen) atoms. The summed E-state index contributed by atoms with van der Waals surface area (Å²) in [5.74, 6) is 1.19. The van der Waals surface area contributed by atoms with Crippen LogP contribution in [0.1, 0.15) is 27.2 Å². The van der Waals surface area contributed by atoms with Crippen molar-refractivity contribution < 1.29 is 9.59 Å². The van der Waals surface area contributed by atoms with Gasteiger partial charge in [0.1, 0.15) is 12.1 Å². The molecule has 0 saturated carbocycles. The van der Waals surface area contributed by atoms with E-state index in [1.807, 2.05) is 20.1 Å². The maximum absolute atomic E-state index is 12.2. The molecule has 4 nitrogen and oxygen atoms in total. The Labute approximate surface area is 108 Å². The molecule has 0 bridgehead atoms. The summed E-state index contributed by atoms with van der Waals surface area (Å²) in [4.78, 5) is 25.7. The van der Waals surface area contributed by atoms with Crippen LogP contribution in [0.5, 0.6) is 0 Å². The third-order valence-corrected chi connectivity index (χ3v) is 3.80. The molecule has 1 fully saturated rings. The Kier molecular flexibility index (Phi) is 5.31. The zero-order valence-corrected chi connectivity index (χ0v) is 11.8. The highest BCUT2D eigenvalue weighted by molar-refractivity contribution is 7.98. The van der Waals surface area contributed by atoms with Crippen molar-refractivity contribution in [2.24, 2.45) is 5.92 Å². The van der Waals surface area contributed by atoms with E-state index in [2.05, 4.69) is 5.32 Å². The number of piperazine rings is 1. The van der Waals surface area contributed by atoms with Gasteiger partial charge in [0, 0.05) is 6.54 Å². The lowest BCUT2D eigenvalue weighted by molar-refractivity contribution is -0.149. The van der Waals surface area contributed by atoms with Crippen LogP contribution < -0.4 is 5.32 Å². The van der Waals surface area contributed by atoms with Crippen molar-refractivity contribution in [2.75, 3.05) is 18.6 Å². The van der Waals surface area contributed by atoms with Gasteiger partial charge in [-0.2, -0.15) is 11.8 Å². The third kappa shape index (κ3) is 3.37. The molecule has 0 aromatic heterocycles. The summed E-state index contributed by atoms with van der Waals surface area (Å²) < 4.78 is 0. The molecular weight excluding hydrogens is 236 g/mol. The molecule has 1 aliphatic rings. The predicted molar refractivity (Wildman–Crippen MR) is 70.9 cm³/mol. The van der Waals surface area contributed by atoms with Gasteiger partial charge in [0.2, 0.25) is 11.8 Å². The normalized spacial score (nSPS) is 25.4. The number of rotatable bonds is 5. The molecule has 1 aliphatic heterocycles. The predicted octanol–water partition coefficient (Wildman–Crippen LogP) is 1.11. The van der Waals surface area contributed by atoms with Crippen LogP contribution in [-0.4, -0.2) is 47.4 Å². The lowest BCUT2D eigenvalue weighted by Crippen LogP contribution is -2.63. The number of thioether (sulfide) groups is 1. The highest BCUT2D eigenvalue weighted by Gasteiger charge is 2.38. The Bertz CT molecular complexity index is 294. The highest BCUT2D eigenvalue weighted by Crippen LogP contribution is 2.16. The summed E-state index contributed by atoms with van der Waals surface area (Å²) >= 11 is 1.76. The maximum atomic E-state index is 12.2. The SMILES string of the molecule is CSCCCN1C(=O)C(C(C)C)NC(=O)C1C. The second-order valence-corrected chi connectivity index (χ2v) is 5.77. The summed E-state index contributed by atoms with van der Waals surface area (Å²) in [5.41, 5.74) is 0. The van der Waals surface area contributed by atoms with Crippen LogP contribution in [-0.2, 0) is 9.59 Å². The van der Waals surface area contributed by atoms with Gasteiger partial charge in [0.05, 0.1) is 0 Å². The first-order valence-electron chi connectivity index (χ1n) is 6.08. The molecule has 1 saturated heterocycles. The summed E-state index contributed by atoms with van der Waals surface area (Å²) in [6.07, 6.45) is 2.99. The molecule has 98 valence electrons. The number of carbonyl (C=O) groups excluding carboxylic acids is 2. The molecule has 0 aliphatic carbocycles. The maximum Gasteiger partial charge on any atom is 0.246 e. The van der Waals surface area contributed by atoms with E-state index in [9.17, 15) is 9.59 Å². The first-order chi connectivity index (χ1) is 7.99. The highest BCUT2D eigenvalue weighted by atomic mass is 32.2. The average Bonchev–Trinajstić information content (AvgIpc) is 2.28. The second-order valence-electron chi connectivity index (χ2n) is 4.78. The molecule has 0 aromatic carbocycles. The molecule has 2 atom stereocenters. The van der Waals surface area contributed by atoms with Gasteiger partial charge >= 0.3 is 0 Å². The molecule has 1 rings (SSSR count). The second kappa shape index (κ2) is 6.28. The van der Waals surface area contributed by atoms with Crippen LogP contribution in [0.3, 0.4) is 0 Å². The van der Waals surface area contributed by atoms with Gasteiger partial charge in [-0.3, -0.25) is 9.59 Å². The lowest BCUT2D eigenvalue weighted by atomic mass is 9.98. The first kappa shape index (κ1) is 14.4. The topological polar surface area (TPSA) is 49.4 Å². The lowest BCUT2D eigenvalue weighted by Gasteiger charge is -2.38. The van der Waals surface area contributed by atoms with Crippen molar-refractivity contribution in [3.05, 3.63) is 0 Å². The molecule has 0 aromatic rings. The van der Waals surface area contributed by atoms with Crippen molar-refractivity contribution in [2.45, 2.75) is 39.3 Å². The van der Waals surface area contributed by atoms with Crippen molar-refractivity contribution in [1.82, 2.24) is 10.2 Å². The Morgan fingerprint density at radius 3 is 2.59 bits per heavy atom. The largest absolute Gasteiger partial charge is 0.342 e. The minimum Gasteiger partial charge on any atom is -0.342 e. The zero-order valence-electron chi connectivity index (χ0n) is 11.0. The number of hydrogen-bond donors (Lipinski definition) is 1. The van der Waals surface area contributed by atoms with E-state index in [0.29, 0.717) is 6.54 Å². The number of nitrogens with zero attached hydrogens (tertiary/aromatic N) is 1. The summed E-state index contributed by atoms with van der Waals surface area (Å²) in [5, 5.41) is 2.80.